The van der Waals surface area contributed by atoms with Crippen LogP contribution in [0.3, 0.4) is 0 Å². The van der Waals surface area contributed by atoms with Crippen molar-refractivity contribution in [2.24, 2.45) is 0 Å². The first kappa shape index (κ1) is 11.4. The molecule has 4 aromatic rings. The van der Waals surface area contributed by atoms with Crippen molar-refractivity contribution in [3.63, 3.8) is 0 Å². The highest BCUT2D eigenvalue weighted by atomic mass is 16.3. The molecule has 19 heavy (non-hydrogen) atoms. The molecule has 0 amide bonds. The average Bonchev–Trinajstić information content (AvgIpc) is 2.99. The van der Waals surface area contributed by atoms with Gasteiger partial charge in [-0.05, 0) is 29.0 Å². The molecule has 0 radical (unpaired) electrons. The molecule has 2 aromatic carbocycles. The van der Waals surface area contributed by atoms with E-state index < -0.39 is 0 Å². The molecule has 0 saturated carbocycles. The van der Waals surface area contributed by atoms with Crippen LogP contribution in [0.1, 0.15) is 0 Å². The average molecular weight is 248 g/mol. The Morgan fingerprint density at radius 3 is 2.32 bits per heavy atom. The number of nitrogens with zero attached hydrogens (tertiary/aromatic N) is 2. The second kappa shape index (κ2) is 5.31. The molecule has 0 aliphatic carbocycles. The summed E-state index contributed by atoms with van der Waals surface area (Å²) < 4.78 is 5.33. The van der Waals surface area contributed by atoms with Crippen molar-refractivity contribution in [2.75, 3.05) is 0 Å². The molecule has 0 N–H and O–H groups in total. The zero-order chi connectivity index (χ0) is 12.9. The van der Waals surface area contributed by atoms with Crippen LogP contribution in [0, 0.1) is 0 Å². The van der Waals surface area contributed by atoms with Crippen LogP contribution in [0.15, 0.2) is 77.9 Å². The second-order valence-corrected chi connectivity index (χ2v) is 4.02. The number of hydrogen-bond donors (Lipinski definition) is 0. The molecule has 2 heterocycles. The van der Waals surface area contributed by atoms with Crippen molar-refractivity contribution in [3.05, 3.63) is 73.5 Å². The fraction of sp³-hybridized carbons (Fsp3) is 0. The molecule has 0 spiro atoms. The zero-order valence-electron chi connectivity index (χ0n) is 10.2. The van der Waals surface area contributed by atoms with Gasteiger partial charge >= 0.3 is 0 Å². The van der Waals surface area contributed by atoms with E-state index in [9.17, 15) is 0 Å². The summed E-state index contributed by atoms with van der Waals surface area (Å²) in [5, 5.41) is 3.71. The molecule has 2 aromatic heterocycles. The van der Waals surface area contributed by atoms with Crippen molar-refractivity contribution >= 4 is 21.7 Å². The lowest BCUT2D eigenvalue weighted by atomic mass is 10.1. The van der Waals surface area contributed by atoms with Gasteiger partial charge in [-0.15, -0.1) is 0 Å². The van der Waals surface area contributed by atoms with Gasteiger partial charge < -0.3 is 4.42 Å². The van der Waals surface area contributed by atoms with E-state index in [4.69, 9.17) is 4.42 Å². The van der Waals surface area contributed by atoms with Gasteiger partial charge in [0.25, 0.3) is 0 Å². The molecular weight excluding hydrogens is 236 g/mol. The third kappa shape index (κ3) is 2.45. The molecule has 3 heteroatoms. The van der Waals surface area contributed by atoms with Gasteiger partial charge in [0.1, 0.15) is 11.9 Å². The predicted octanol–water partition coefficient (Wildman–Crippen LogP) is 4.06. The van der Waals surface area contributed by atoms with E-state index in [0.717, 1.165) is 5.58 Å². The van der Waals surface area contributed by atoms with Crippen molar-refractivity contribution < 1.29 is 4.42 Å². The Morgan fingerprint density at radius 2 is 1.58 bits per heavy atom. The van der Waals surface area contributed by atoms with Crippen molar-refractivity contribution in [1.82, 2.24) is 9.97 Å². The quantitative estimate of drug-likeness (QED) is 0.471. The van der Waals surface area contributed by atoms with E-state index >= 15 is 0 Å². The highest BCUT2D eigenvalue weighted by Gasteiger charge is 2.00. The lowest BCUT2D eigenvalue weighted by Crippen LogP contribution is -1.71. The van der Waals surface area contributed by atoms with E-state index in [1.165, 1.54) is 22.5 Å². The van der Waals surface area contributed by atoms with Crippen LogP contribution in [-0.2, 0) is 0 Å². The minimum Gasteiger partial charge on any atom is -0.464 e. The van der Waals surface area contributed by atoms with Gasteiger partial charge in [-0.3, -0.25) is 0 Å². The molecule has 0 saturated heterocycles. The number of aromatic nitrogens is 2. The van der Waals surface area contributed by atoms with Crippen molar-refractivity contribution in [1.29, 1.82) is 0 Å². The van der Waals surface area contributed by atoms with Crippen LogP contribution in [-0.4, -0.2) is 9.97 Å². The van der Waals surface area contributed by atoms with E-state index in [-0.39, 0.29) is 0 Å². The molecule has 3 nitrogen and oxygen atoms in total. The third-order valence-corrected chi connectivity index (χ3v) is 2.84. The van der Waals surface area contributed by atoms with Gasteiger partial charge in [0.15, 0.2) is 0 Å². The van der Waals surface area contributed by atoms with E-state index in [0.29, 0.717) is 0 Å². The topological polar surface area (TPSA) is 38.9 Å². The van der Waals surface area contributed by atoms with Gasteiger partial charge in [-0.1, -0.05) is 30.3 Å². The summed E-state index contributed by atoms with van der Waals surface area (Å²) in [5.74, 6) is 0. The first-order valence-electron chi connectivity index (χ1n) is 6.00. The minimum absolute atomic E-state index is 0.957. The molecular formula is C16H12N2O. The van der Waals surface area contributed by atoms with Crippen molar-refractivity contribution in [3.8, 4) is 0 Å². The maximum atomic E-state index is 5.33. The molecule has 0 bridgehead atoms. The SMILES string of the molecule is c1ccc2c(c1)ccc1occc12.c1cncnc1. The Labute approximate surface area is 110 Å². The van der Waals surface area contributed by atoms with E-state index in [2.05, 4.69) is 34.2 Å². The van der Waals surface area contributed by atoms with Crippen LogP contribution >= 0.6 is 0 Å². The number of hydrogen-bond acceptors (Lipinski definition) is 3. The Hall–Kier alpha value is -2.68. The first-order chi connectivity index (χ1) is 9.45. The molecule has 0 unspecified atom stereocenters. The summed E-state index contributed by atoms with van der Waals surface area (Å²) in [4.78, 5) is 7.35. The largest absolute Gasteiger partial charge is 0.464 e. The smallest absolute Gasteiger partial charge is 0.134 e. The monoisotopic (exact) mass is 248 g/mol. The van der Waals surface area contributed by atoms with Crippen LogP contribution in [0.5, 0.6) is 0 Å². The molecule has 0 fully saturated rings. The fourth-order valence-electron chi connectivity index (χ4n) is 1.98. The lowest BCUT2D eigenvalue weighted by molar-refractivity contribution is 0.616. The Kier molecular flexibility index (Phi) is 3.19. The predicted molar refractivity (Wildman–Crippen MR) is 75.8 cm³/mol. The molecule has 0 atom stereocenters. The van der Waals surface area contributed by atoms with Crippen LogP contribution in [0.25, 0.3) is 21.7 Å². The molecule has 0 aliphatic rings. The zero-order valence-corrected chi connectivity index (χ0v) is 10.2. The standard InChI is InChI=1S/C12H8O.C4H4N2/c1-2-4-10-9(3-1)5-6-12-11(10)7-8-13-12;1-2-5-4-6-3-1/h1-8H;1-4H. The Bertz CT molecular complexity index is 751. The molecule has 4 rings (SSSR count). The highest BCUT2D eigenvalue weighted by molar-refractivity contribution is 6.05. The maximum Gasteiger partial charge on any atom is 0.134 e. The maximum absolute atomic E-state index is 5.33. The first-order valence-corrected chi connectivity index (χ1v) is 6.00. The number of furan rings is 1. The molecule has 0 aliphatic heterocycles. The van der Waals surface area contributed by atoms with Crippen molar-refractivity contribution in [2.45, 2.75) is 0 Å². The second-order valence-electron chi connectivity index (χ2n) is 4.02. The normalized spacial score (nSPS) is 10.1. The summed E-state index contributed by atoms with van der Waals surface area (Å²) in [6.07, 6.45) is 6.61. The lowest BCUT2D eigenvalue weighted by Gasteiger charge is -1.96. The Morgan fingerprint density at radius 1 is 0.737 bits per heavy atom. The van der Waals surface area contributed by atoms with Crippen LogP contribution < -0.4 is 0 Å². The molecule has 92 valence electrons. The summed E-state index contributed by atoms with van der Waals surface area (Å²) in [6, 6.07) is 16.2. The summed E-state index contributed by atoms with van der Waals surface area (Å²) in [7, 11) is 0. The van der Waals surface area contributed by atoms with Gasteiger partial charge in [0.2, 0.25) is 0 Å². The Balaban J connectivity index is 0.000000155. The van der Waals surface area contributed by atoms with Gasteiger partial charge in [-0.2, -0.15) is 0 Å². The van der Waals surface area contributed by atoms with Gasteiger partial charge in [0.05, 0.1) is 6.26 Å². The highest BCUT2D eigenvalue weighted by Crippen LogP contribution is 2.25. The van der Waals surface area contributed by atoms with Crippen LogP contribution in [0.2, 0.25) is 0 Å². The number of benzene rings is 2. The summed E-state index contributed by atoms with van der Waals surface area (Å²) >= 11 is 0. The summed E-state index contributed by atoms with van der Waals surface area (Å²) in [6.45, 7) is 0. The third-order valence-electron chi connectivity index (χ3n) is 2.84. The minimum atomic E-state index is 0.957. The number of rotatable bonds is 0. The van der Waals surface area contributed by atoms with E-state index in [1.54, 1.807) is 24.7 Å². The van der Waals surface area contributed by atoms with Crippen LogP contribution in [0.4, 0.5) is 0 Å². The van der Waals surface area contributed by atoms with Gasteiger partial charge in [-0.25, -0.2) is 9.97 Å². The number of fused-ring (bicyclic) bond motifs is 3. The fourth-order valence-corrected chi connectivity index (χ4v) is 1.98. The van der Waals surface area contributed by atoms with E-state index in [1.807, 2.05) is 18.2 Å². The van der Waals surface area contributed by atoms with Gasteiger partial charge in [0, 0.05) is 17.8 Å². The summed E-state index contributed by atoms with van der Waals surface area (Å²) in [5.41, 5.74) is 0.957.